The van der Waals surface area contributed by atoms with Gasteiger partial charge in [-0.05, 0) is 48.5 Å². The van der Waals surface area contributed by atoms with E-state index in [0.29, 0.717) is 39.5 Å². The Kier molecular flexibility index (Phi) is 5.98. The molecule has 0 unspecified atom stereocenters. The van der Waals surface area contributed by atoms with Crippen LogP contribution in [0.25, 0.3) is 22.9 Å². The molecule has 0 fully saturated rings. The van der Waals surface area contributed by atoms with E-state index in [-0.39, 0.29) is 17.2 Å². The lowest BCUT2D eigenvalue weighted by Crippen LogP contribution is -2.14. The molecule has 160 valence electrons. The zero-order valence-electron chi connectivity index (χ0n) is 16.1. The van der Waals surface area contributed by atoms with Crippen molar-refractivity contribution in [3.63, 3.8) is 0 Å². The van der Waals surface area contributed by atoms with Crippen LogP contribution in [0.5, 0.6) is 0 Å². The number of aromatic nitrogens is 2. The van der Waals surface area contributed by atoms with Crippen molar-refractivity contribution in [3.8, 4) is 22.9 Å². The number of thioether (sulfide) groups is 1. The number of rotatable bonds is 8. The van der Waals surface area contributed by atoms with Gasteiger partial charge < -0.3 is 19.1 Å². The largest absolute Gasteiger partial charge is 0.463 e. The predicted molar refractivity (Wildman–Crippen MR) is 116 cm³/mol. The molecule has 0 spiro atoms. The molecule has 1 aromatic carbocycles. The topological polar surface area (TPSA) is 144 Å². The summed E-state index contributed by atoms with van der Waals surface area (Å²) >= 11 is 1.39. The van der Waals surface area contributed by atoms with Gasteiger partial charge in [-0.3, -0.25) is 4.79 Å². The summed E-state index contributed by atoms with van der Waals surface area (Å²) in [4.78, 5) is 20.0. The van der Waals surface area contributed by atoms with Gasteiger partial charge in [0.25, 0.3) is 0 Å². The summed E-state index contributed by atoms with van der Waals surface area (Å²) in [6.07, 6.45) is 3.38. The SMILES string of the molecule is NS(=O)(=O)c1ccc(NC(=O)CCSc2nc(-c3ccco3)c(-c3ccco3)[nH]2)cc1. The predicted octanol–water partition coefficient (Wildman–Crippen LogP) is 3.70. The fourth-order valence-electron chi connectivity index (χ4n) is 2.80. The average Bonchev–Trinajstić information content (AvgIpc) is 3.48. The zero-order valence-corrected chi connectivity index (χ0v) is 17.7. The third-order valence-electron chi connectivity index (χ3n) is 4.24. The van der Waals surface area contributed by atoms with E-state index in [0.717, 1.165) is 0 Å². The number of nitrogens with zero attached hydrogens (tertiary/aromatic N) is 1. The van der Waals surface area contributed by atoms with Crippen LogP contribution in [0.3, 0.4) is 0 Å². The highest BCUT2D eigenvalue weighted by Gasteiger charge is 2.18. The maximum atomic E-state index is 12.2. The molecule has 0 aliphatic rings. The Morgan fingerprint density at radius 2 is 1.74 bits per heavy atom. The molecule has 1 amide bonds. The Bertz CT molecular complexity index is 1210. The first kappa shape index (κ1) is 21.0. The van der Waals surface area contributed by atoms with Crippen LogP contribution in [0.2, 0.25) is 0 Å². The molecular formula is C20H18N4O5S2. The molecule has 3 aromatic heterocycles. The molecule has 0 atom stereocenters. The number of carbonyl (C=O) groups is 1. The van der Waals surface area contributed by atoms with Gasteiger partial charge in [0.15, 0.2) is 16.7 Å². The first-order valence-electron chi connectivity index (χ1n) is 9.13. The van der Waals surface area contributed by atoms with Gasteiger partial charge in [0.1, 0.15) is 11.4 Å². The number of hydrogen-bond donors (Lipinski definition) is 3. The molecule has 9 nitrogen and oxygen atoms in total. The lowest BCUT2D eigenvalue weighted by Gasteiger charge is -2.05. The molecule has 0 radical (unpaired) electrons. The van der Waals surface area contributed by atoms with E-state index in [1.54, 1.807) is 24.7 Å². The van der Waals surface area contributed by atoms with Gasteiger partial charge in [-0.1, -0.05) is 11.8 Å². The maximum Gasteiger partial charge on any atom is 0.238 e. The number of sulfonamides is 1. The van der Waals surface area contributed by atoms with E-state index in [4.69, 9.17) is 14.0 Å². The monoisotopic (exact) mass is 458 g/mol. The fraction of sp³-hybridized carbons (Fsp3) is 0.100. The number of imidazole rings is 1. The van der Waals surface area contributed by atoms with Crippen LogP contribution < -0.4 is 10.5 Å². The van der Waals surface area contributed by atoms with Gasteiger partial charge in [0.05, 0.1) is 17.4 Å². The van der Waals surface area contributed by atoms with Crippen molar-refractivity contribution < 1.29 is 22.0 Å². The quantitative estimate of drug-likeness (QED) is 0.341. The van der Waals surface area contributed by atoms with Crippen molar-refractivity contribution >= 4 is 33.4 Å². The Labute approximate surface area is 182 Å². The van der Waals surface area contributed by atoms with Gasteiger partial charge in [0.2, 0.25) is 15.9 Å². The minimum atomic E-state index is -3.77. The highest BCUT2D eigenvalue weighted by molar-refractivity contribution is 7.99. The van der Waals surface area contributed by atoms with Crippen molar-refractivity contribution in [2.24, 2.45) is 5.14 Å². The second-order valence-corrected chi connectivity index (χ2v) is 9.08. The summed E-state index contributed by atoms with van der Waals surface area (Å²) in [6.45, 7) is 0. The number of aromatic amines is 1. The van der Waals surface area contributed by atoms with Crippen LogP contribution >= 0.6 is 11.8 Å². The summed E-state index contributed by atoms with van der Waals surface area (Å²) in [6, 6.07) is 12.9. The second-order valence-electron chi connectivity index (χ2n) is 6.44. The molecule has 31 heavy (non-hydrogen) atoms. The van der Waals surface area contributed by atoms with Crippen LogP contribution in [0.4, 0.5) is 5.69 Å². The highest BCUT2D eigenvalue weighted by atomic mass is 32.2. The van der Waals surface area contributed by atoms with Gasteiger partial charge in [0, 0.05) is 17.9 Å². The van der Waals surface area contributed by atoms with Gasteiger partial charge in [-0.2, -0.15) is 0 Å². The average molecular weight is 459 g/mol. The van der Waals surface area contributed by atoms with Gasteiger partial charge >= 0.3 is 0 Å². The van der Waals surface area contributed by atoms with Gasteiger partial charge in [-0.25, -0.2) is 18.5 Å². The molecule has 0 aliphatic heterocycles. The van der Waals surface area contributed by atoms with E-state index in [1.807, 2.05) is 12.1 Å². The van der Waals surface area contributed by atoms with Crippen molar-refractivity contribution in [1.29, 1.82) is 0 Å². The van der Waals surface area contributed by atoms with Crippen LogP contribution in [-0.4, -0.2) is 30.0 Å². The van der Waals surface area contributed by atoms with Crippen LogP contribution in [-0.2, 0) is 14.8 Å². The first-order chi connectivity index (χ1) is 14.9. The molecule has 0 saturated carbocycles. The lowest BCUT2D eigenvalue weighted by atomic mass is 10.2. The number of H-pyrrole nitrogens is 1. The summed E-state index contributed by atoms with van der Waals surface area (Å²) in [7, 11) is -3.77. The summed E-state index contributed by atoms with van der Waals surface area (Å²) < 4.78 is 33.5. The van der Waals surface area contributed by atoms with E-state index < -0.39 is 10.0 Å². The molecule has 11 heteroatoms. The minimum absolute atomic E-state index is 0.0152. The van der Waals surface area contributed by atoms with E-state index in [1.165, 1.54) is 36.0 Å². The number of carbonyl (C=O) groups excluding carboxylic acids is 1. The van der Waals surface area contributed by atoms with E-state index in [9.17, 15) is 13.2 Å². The van der Waals surface area contributed by atoms with Crippen molar-refractivity contribution in [3.05, 3.63) is 61.1 Å². The minimum Gasteiger partial charge on any atom is -0.463 e. The van der Waals surface area contributed by atoms with E-state index in [2.05, 4.69) is 15.3 Å². The number of hydrogen-bond acceptors (Lipinski definition) is 7. The van der Waals surface area contributed by atoms with Crippen LogP contribution in [0, 0.1) is 0 Å². The first-order valence-corrected chi connectivity index (χ1v) is 11.7. The van der Waals surface area contributed by atoms with Crippen LogP contribution in [0.1, 0.15) is 6.42 Å². The Balaban J connectivity index is 1.37. The van der Waals surface area contributed by atoms with Crippen LogP contribution in [0.15, 0.2) is 79.9 Å². The molecule has 4 rings (SSSR count). The number of anilines is 1. The lowest BCUT2D eigenvalue weighted by molar-refractivity contribution is -0.115. The molecular weight excluding hydrogens is 440 g/mol. The smallest absolute Gasteiger partial charge is 0.238 e. The number of nitrogens with one attached hydrogen (secondary N) is 2. The van der Waals surface area contributed by atoms with Crippen molar-refractivity contribution in [2.45, 2.75) is 16.5 Å². The normalized spacial score (nSPS) is 11.5. The maximum absolute atomic E-state index is 12.2. The number of amides is 1. The molecule has 3 heterocycles. The molecule has 4 aromatic rings. The Morgan fingerprint density at radius 1 is 1.06 bits per heavy atom. The van der Waals surface area contributed by atoms with Crippen molar-refractivity contribution in [1.82, 2.24) is 9.97 Å². The third kappa shape index (κ3) is 5.08. The third-order valence-corrected chi connectivity index (χ3v) is 6.04. The number of benzene rings is 1. The zero-order chi connectivity index (χ0) is 21.8. The van der Waals surface area contributed by atoms with E-state index >= 15 is 0 Å². The summed E-state index contributed by atoms with van der Waals surface area (Å²) in [5, 5.41) is 8.41. The molecule has 0 saturated heterocycles. The number of nitrogens with two attached hydrogens (primary N) is 1. The highest BCUT2D eigenvalue weighted by Crippen LogP contribution is 2.33. The van der Waals surface area contributed by atoms with Crippen molar-refractivity contribution in [2.75, 3.05) is 11.1 Å². The number of furan rings is 2. The standard InChI is InChI=1S/C20H18N4O5S2/c21-31(26,27)14-7-5-13(6-8-14)22-17(25)9-12-30-20-23-18(15-3-1-10-28-15)19(24-20)16-4-2-11-29-16/h1-8,10-11H,9,12H2,(H,22,25)(H,23,24)(H2,21,26,27). The molecule has 0 aliphatic carbocycles. The second kappa shape index (κ2) is 8.84. The molecule has 4 N–H and O–H groups in total. The van der Waals surface area contributed by atoms with Gasteiger partial charge in [-0.15, -0.1) is 0 Å². The fourth-order valence-corrected chi connectivity index (χ4v) is 4.13. The Hall–Kier alpha value is -3.28. The molecule has 0 bridgehead atoms. The Morgan fingerprint density at radius 3 is 2.35 bits per heavy atom. The number of primary sulfonamides is 1. The summed E-state index contributed by atoms with van der Waals surface area (Å²) in [5.74, 6) is 1.51. The summed E-state index contributed by atoms with van der Waals surface area (Å²) in [5.41, 5.74) is 1.81.